The molecule has 26 heavy (non-hydrogen) atoms. The number of hydrogen-bond acceptors (Lipinski definition) is 3. The zero-order valence-corrected chi connectivity index (χ0v) is 14.4. The van der Waals surface area contributed by atoms with Crippen LogP contribution in [0.15, 0.2) is 48.5 Å². The van der Waals surface area contributed by atoms with Gasteiger partial charge in [0.05, 0.1) is 0 Å². The smallest absolute Gasteiger partial charge is 0.410 e. The van der Waals surface area contributed by atoms with Crippen LogP contribution in [0.2, 0.25) is 0 Å². The third-order valence-electron chi connectivity index (χ3n) is 5.39. The molecular formula is C21H21NO4. The van der Waals surface area contributed by atoms with Gasteiger partial charge < -0.3 is 9.84 Å². The number of carbonyl (C=O) groups is 2. The Morgan fingerprint density at radius 1 is 1.00 bits per heavy atom. The fourth-order valence-corrected chi connectivity index (χ4v) is 3.86. The number of aliphatic carboxylic acids is 1. The third-order valence-corrected chi connectivity index (χ3v) is 5.39. The summed E-state index contributed by atoms with van der Waals surface area (Å²) in [5, 5.41) is 9.09. The Morgan fingerprint density at radius 3 is 2.08 bits per heavy atom. The van der Waals surface area contributed by atoms with Crippen molar-refractivity contribution in [2.24, 2.45) is 0 Å². The zero-order chi connectivity index (χ0) is 18.1. The number of nitrogens with zero attached hydrogens (tertiary/aromatic N) is 1. The molecule has 2 aliphatic carbocycles. The molecule has 5 heteroatoms. The second kappa shape index (κ2) is 6.83. The summed E-state index contributed by atoms with van der Waals surface area (Å²) in [4.78, 5) is 25.0. The molecule has 2 aliphatic rings. The van der Waals surface area contributed by atoms with Crippen molar-refractivity contribution in [1.29, 1.82) is 0 Å². The maximum absolute atomic E-state index is 12.5. The molecule has 1 fully saturated rings. The van der Waals surface area contributed by atoms with Crippen LogP contribution in [0.25, 0.3) is 11.1 Å². The largest absolute Gasteiger partial charge is 0.480 e. The molecule has 0 spiro atoms. The number of rotatable bonds is 5. The van der Waals surface area contributed by atoms with E-state index in [0.29, 0.717) is 0 Å². The normalized spacial score (nSPS) is 15.7. The highest BCUT2D eigenvalue weighted by atomic mass is 16.6. The van der Waals surface area contributed by atoms with Gasteiger partial charge in [-0.3, -0.25) is 9.69 Å². The number of ether oxygens (including phenoxy) is 1. The van der Waals surface area contributed by atoms with Crippen LogP contribution in [-0.4, -0.2) is 41.3 Å². The molecular weight excluding hydrogens is 330 g/mol. The van der Waals surface area contributed by atoms with Gasteiger partial charge in [-0.2, -0.15) is 0 Å². The third kappa shape index (κ3) is 2.94. The van der Waals surface area contributed by atoms with Crippen molar-refractivity contribution in [3.05, 3.63) is 59.7 Å². The zero-order valence-electron chi connectivity index (χ0n) is 14.4. The predicted molar refractivity (Wildman–Crippen MR) is 97.0 cm³/mol. The van der Waals surface area contributed by atoms with E-state index in [-0.39, 0.29) is 25.1 Å². The lowest BCUT2D eigenvalue weighted by Crippen LogP contribution is -2.47. The van der Waals surface area contributed by atoms with Crippen molar-refractivity contribution in [1.82, 2.24) is 4.90 Å². The van der Waals surface area contributed by atoms with E-state index < -0.39 is 12.1 Å². The molecule has 2 aromatic carbocycles. The Bertz CT molecular complexity index is 798. The molecule has 0 aliphatic heterocycles. The number of amides is 1. The molecule has 0 unspecified atom stereocenters. The first-order chi connectivity index (χ1) is 12.6. The number of carboxylic acid groups (broad SMARTS) is 1. The van der Waals surface area contributed by atoms with Crippen molar-refractivity contribution in [3.63, 3.8) is 0 Å². The van der Waals surface area contributed by atoms with E-state index >= 15 is 0 Å². The predicted octanol–water partition coefficient (Wildman–Crippen LogP) is 3.87. The first-order valence-corrected chi connectivity index (χ1v) is 8.98. The minimum absolute atomic E-state index is 0.0123. The molecule has 5 nitrogen and oxygen atoms in total. The van der Waals surface area contributed by atoms with Crippen LogP contribution in [0.1, 0.15) is 36.3 Å². The van der Waals surface area contributed by atoms with E-state index in [1.807, 2.05) is 24.3 Å². The molecule has 4 rings (SSSR count). The number of carbonyl (C=O) groups excluding carboxylic acids is 1. The van der Waals surface area contributed by atoms with E-state index in [9.17, 15) is 9.59 Å². The number of carboxylic acids is 1. The Morgan fingerprint density at radius 2 is 1.58 bits per heavy atom. The SMILES string of the molecule is O=C(O)CN(C(=O)OCC1c2ccccc2-c2ccccc21)C1CCC1. The second-order valence-electron chi connectivity index (χ2n) is 6.91. The first-order valence-electron chi connectivity index (χ1n) is 8.98. The van der Waals surface area contributed by atoms with Crippen LogP contribution in [0.5, 0.6) is 0 Å². The molecule has 1 N–H and O–H groups in total. The minimum atomic E-state index is -1.01. The van der Waals surface area contributed by atoms with E-state index in [2.05, 4.69) is 24.3 Å². The van der Waals surface area contributed by atoms with Crippen LogP contribution < -0.4 is 0 Å². The van der Waals surface area contributed by atoms with Crippen molar-refractivity contribution < 1.29 is 19.4 Å². The van der Waals surface area contributed by atoms with Crippen LogP contribution in [0.4, 0.5) is 4.79 Å². The summed E-state index contributed by atoms with van der Waals surface area (Å²) in [6, 6.07) is 16.3. The monoisotopic (exact) mass is 351 g/mol. The molecule has 0 bridgehead atoms. The summed E-state index contributed by atoms with van der Waals surface area (Å²) >= 11 is 0. The Balaban J connectivity index is 1.52. The van der Waals surface area contributed by atoms with Gasteiger partial charge in [-0.25, -0.2) is 4.79 Å². The summed E-state index contributed by atoms with van der Waals surface area (Å²) in [7, 11) is 0. The van der Waals surface area contributed by atoms with Gasteiger partial charge in [0.1, 0.15) is 13.2 Å². The topological polar surface area (TPSA) is 66.8 Å². The molecule has 2 aromatic rings. The van der Waals surface area contributed by atoms with Gasteiger partial charge >= 0.3 is 12.1 Å². The lowest BCUT2D eigenvalue weighted by molar-refractivity contribution is -0.138. The molecule has 0 atom stereocenters. The molecule has 0 radical (unpaired) electrons. The molecule has 0 aromatic heterocycles. The van der Waals surface area contributed by atoms with Crippen molar-refractivity contribution in [2.45, 2.75) is 31.2 Å². The molecule has 134 valence electrons. The highest BCUT2D eigenvalue weighted by molar-refractivity contribution is 5.80. The molecule has 0 heterocycles. The highest BCUT2D eigenvalue weighted by Crippen LogP contribution is 2.44. The maximum Gasteiger partial charge on any atom is 0.410 e. The average molecular weight is 351 g/mol. The van der Waals surface area contributed by atoms with Crippen LogP contribution in [0.3, 0.4) is 0 Å². The molecule has 0 saturated heterocycles. The molecule has 1 amide bonds. The lowest BCUT2D eigenvalue weighted by atomic mass is 9.92. The fraction of sp³-hybridized carbons (Fsp3) is 0.333. The van der Waals surface area contributed by atoms with Gasteiger partial charge in [0, 0.05) is 12.0 Å². The van der Waals surface area contributed by atoms with Gasteiger partial charge in [0.15, 0.2) is 0 Å². The summed E-state index contributed by atoms with van der Waals surface area (Å²) in [6.45, 7) is -0.0863. The van der Waals surface area contributed by atoms with Gasteiger partial charge in [-0.05, 0) is 41.5 Å². The Labute approximate surface area is 152 Å². The summed E-state index contributed by atoms with van der Waals surface area (Å²) in [6.07, 6.45) is 2.19. The van der Waals surface area contributed by atoms with Gasteiger partial charge in [-0.1, -0.05) is 48.5 Å². The van der Waals surface area contributed by atoms with Crippen molar-refractivity contribution in [2.75, 3.05) is 13.2 Å². The maximum atomic E-state index is 12.5. The minimum Gasteiger partial charge on any atom is -0.480 e. The van der Waals surface area contributed by atoms with Gasteiger partial charge in [0.25, 0.3) is 0 Å². The van der Waals surface area contributed by atoms with E-state index in [4.69, 9.17) is 9.84 Å². The number of hydrogen-bond donors (Lipinski definition) is 1. The summed E-state index contributed by atoms with van der Waals surface area (Å²) in [5.74, 6) is -1.02. The van der Waals surface area contributed by atoms with Crippen LogP contribution in [0, 0.1) is 0 Å². The van der Waals surface area contributed by atoms with E-state index in [1.165, 1.54) is 16.0 Å². The lowest BCUT2D eigenvalue weighted by Gasteiger charge is -2.35. The van der Waals surface area contributed by atoms with Gasteiger partial charge in [0.2, 0.25) is 0 Å². The number of benzene rings is 2. The van der Waals surface area contributed by atoms with Gasteiger partial charge in [-0.15, -0.1) is 0 Å². The van der Waals surface area contributed by atoms with Crippen LogP contribution >= 0.6 is 0 Å². The first kappa shape index (κ1) is 16.6. The van der Waals surface area contributed by atoms with E-state index in [0.717, 1.165) is 30.4 Å². The fourth-order valence-electron chi connectivity index (χ4n) is 3.86. The molecule has 1 saturated carbocycles. The van der Waals surface area contributed by atoms with E-state index in [1.54, 1.807) is 0 Å². The highest BCUT2D eigenvalue weighted by Gasteiger charge is 2.33. The van der Waals surface area contributed by atoms with Crippen molar-refractivity contribution >= 4 is 12.1 Å². The van der Waals surface area contributed by atoms with Crippen molar-refractivity contribution in [3.8, 4) is 11.1 Å². The number of fused-ring (bicyclic) bond motifs is 3. The second-order valence-corrected chi connectivity index (χ2v) is 6.91. The Kier molecular flexibility index (Phi) is 4.37. The standard InChI is InChI=1S/C21H21NO4/c23-20(24)12-22(14-6-5-7-14)21(25)26-13-19-17-10-3-1-8-15(17)16-9-2-4-11-18(16)19/h1-4,8-11,14,19H,5-7,12-13H2,(H,23,24). The quantitative estimate of drug-likeness (QED) is 0.888. The summed E-state index contributed by atoms with van der Waals surface area (Å²) < 4.78 is 5.58. The average Bonchev–Trinajstić information content (AvgIpc) is 2.91. The summed E-state index contributed by atoms with van der Waals surface area (Å²) in [5.41, 5.74) is 4.64. The Hall–Kier alpha value is -2.82. The van der Waals surface area contributed by atoms with Crippen LogP contribution in [-0.2, 0) is 9.53 Å².